The van der Waals surface area contributed by atoms with E-state index in [4.69, 9.17) is 0 Å². The van der Waals surface area contributed by atoms with Crippen LogP contribution in [0.25, 0.3) is 5.57 Å². The largest absolute Gasteiger partial charge is 0.478 e. The second-order valence-electron chi connectivity index (χ2n) is 19.5. The van der Waals surface area contributed by atoms with E-state index in [1.165, 1.54) is 74.5 Å². The molecule has 4 N–H and O–H groups in total. The molecule has 5 aliphatic carbocycles. The Labute approximate surface area is 310 Å². The maximum Gasteiger partial charge on any atom is 0.335 e. The number of benzene rings is 1. The first-order valence-electron chi connectivity index (χ1n) is 20.3. The van der Waals surface area contributed by atoms with Gasteiger partial charge in [-0.25, -0.2) is 4.79 Å². The van der Waals surface area contributed by atoms with Gasteiger partial charge in [-0.05, 0) is 158 Å². The van der Waals surface area contributed by atoms with Crippen molar-refractivity contribution < 1.29 is 19.0 Å². The number of carbonyl (C=O) groups is 1. The summed E-state index contributed by atoms with van der Waals surface area (Å²) < 4.78 is 20.0. The molecule has 284 valence electrons. The average molecular weight is 721 g/mol. The standard InChI is InChI=1S/C44H68N2O4S/c1-30(2)33-14-19-44(22-23-45-24-25-46-26-28-51(49,50)29-27-46)21-20-42(6)35(38(33)44)12-13-37-41(5)17-15-34(31-8-10-32(11-9-31)39(47)48)40(3,4)36(41)16-18-43(37,42)7/h8-11,15,33,35-38,45,49-50H,1,12-14,16-29H2,2-7H3,(H,47,48)/t33-,35+,36-,37+,38+,41-,42+,43+,44+/m0/s1. The molecule has 7 heteroatoms. The van der Waals surface area contributed by atoms with E-state index in [0.717, 1.165) is 51.0 Å². The molecule has 1 aromatic carbocycles. The Morgan fingerprint density at radius 3 is 2.27 bits per heavy atom. The summed E-state index contributed by atoms with van der Waals surface area (Å²) in [7, 11) is -2.33. The maximum absolute atomic E-state index is 11.6. The van der Waals surface area contributed by atoms with E-state index in [2.05, 4.69) is 64.4 Å². The molecule has 0 radical (unpaired) electrons. The molecule has 1 aliphatic heterocycles. The molecule has 1 saturated heterocycles. The van der Waals surface area contributed by atoms with Gasteiger partial charge in [-0.2, -0.15) is 10.6 Å². The highest BCUT2D eigenvalue weighted by molar-refractivity contribution is 8.24. The predicted octanol–water partition coefficient (Wildman–Crippen LogP) is 10.1. The Morgan fingerprint density at radius 1 is 0.902 bits per heavy atom. The molecule has 7 rings (SSSR count). The van der Waals surface area contributed by atoms with Gasteiger partial charge in [0.05, 0.1) is 17.1 Å². The summed E-state index contributed by atoms with van der Waals surface area (Å²) >= 11 is 0. The summed E-state index contributed by atoms with van der Waals surface area (Å²) in [5.41, 5.74) is 5.71. The molecule has 9 atom stereocenters. The van der Waals surface area contributed by atoms with Crippen LogP contribution in [0.3, 0.4) is 0 Å². The summed E-state index contributed by atoms with van der Waals surface area (Å²) in [6, 6.07) is 7.63. The lowest BCUT2D eigenvalue weighted by Gasteiger charge is -2.72. The van der Waals surface area contributed by atoms with E-state index < -0.39 is 16.6 Å². The molecule has 0 unspecified atom stereocenters. The summed E-state index contributed by atoms with van der Waals surface area (Å²) in [4.78, 5) is 14.0. The topological polar surface area (TPSA) is 93.0 Å². The number of hydrogen-bond donors (Lipinski definition) is 4. The first-order valence-corrected chi connectivity index (χ1v) is 22.2. The minimum absolute atomic E-state index is 0.0271. The van der Waals surface area contributed by atoms with E-state index >= 15 is 0 Å². The summed E-state index contributed by atoms with van der Waals surface area (Å²) in [6.45, 7) is 24.7. The zero-order valence-corrected chi connectivity index (χ0v) is 33.4. The second kappa shape index (κ2) is 13.3. The number of aromatic carboxylic acids is 1. The third-order valence-corrected chi connectivity index (χ3v) is 18.8. The molecule has 0 bridgehead atoms. The zero-order chi connectivity index (χ0) is 36.6. The SMILES string of the molecule is C=C(C)[C@@H]1CC[C@]2(CCNCCN3CCS(O)(O)CC3)CC[C@]3(C)[C@H](CC[C@@H]4[C@@]5(C)CC=C(c6ccc(C(=O)O)cc6)C(C)(C)[C@@H]5CC[C@]43C)[C@@H]12. The number of fused-ring (bicyclic) bond motifs is 7. The quantitative estimate of drug-likeness (QED) is 0.150. The Kier molecular flexibility index (Phi) is 9.81. The monoisotopic (exact) mass is 720 g/mol. The summed E-state index contributed by atoms with van der Waals surface area (Å²) in [5.74, 6) is 3.62. The minimum atomic E-state index is -2.33. The van der Waals surface area contributed by atoms with Crippen LogP contribution < -0.4 is 5.32 Å². The molecule has 0 aromatic heterocycles. The number of hydrogen-bond acceptors (Lipinski definition) is 5. The molecule has 1 aromatic rings. The van der Waals surface area contributed by atoms with Crippen LogP contribution in [0.2, 0.25) is 0 Å². The van der Waals surface area contributed by atoms with Gasteiger partial charge in [-0.3, -0.25) is 14.0 Å². The fourth-order valence-corrected chi connectivity index (χ4v) is 15.6. The van der Waals surface area contributed by atoms with Gasteiger partial charge in [0.25, 0.3) is 0 Å². The van der Waals surface area contributed by atoms with Crippen molar-refractivity contribution in [2.24, 2.45) is 56.7 Å². The minimum Gasteiger partial charge on any atom is -0.478 e. The van der Waals surface area contributed by atoms with Gasteiger partial charge in [0, 0.05) is 26.2 Å². The van der Waals surface area contributed by atoms with Crippen molar-refractivity contribution >= 4 is 22.1 Å². The van der Waals surface area contributed by atoms with E-state index in [1.54, 1.807) is 12.1 Å². The molecular weight excluding hydrogens is 653 g/mol. The highest BCUT2D eigenvalue weighted by Crippen LogP contribution is 2.78. The first kappa shape index (κ1) is 37.7. The van der Waals surface area contributed by atoms with Crippen LogP contribution in [0, 0.1) is 56.7 Å². The smallest absolute Gasteiger partial charge is 0.335 e. The number of carboxylic acids is 1. The van der Waals surface area contributed by atoms with Crippen LogP contribution in [-0.2, 0) is 0 Å². The second-order valence-corrected chi connectivity index (χ2v) is 21.9. The fourth-order valence-electron chi connectivity index (χ4n) is 14.3. The predicted molar refractivity (Wildman–Crippen MR) is 212 cm³/mol. The summed E-state index contributed by atoms with van der Waals surface area (Å²) in [6.07, 6.45) is 15.6. The number of rotatable bonds is 9. The van der Waals surface area contributed by atoms with Gasteiger partial charge in [0.1, 0.15) is 0 Å². The highest BCUT2D eigenvalue weighted by Gasteiger charge is 2.70. The van der Waals surface area contributed by atoms with E-state index in [-0.39, 0.29) is 10.8 Å². The van der Waals surface area contributed by atoms with E-state index in [0.29, 0.717) is 51.1 Å². The fraction of sp³-hybridized carbons (Fsp3) is 0.750. The van der Waals surface area contributed by atoms with E-state index in [9.17, 15) is 19.0 Å². The van der Waals surface area contributed by atoms with Crippen molar-refractivity contribution in [2.45, 2.75) is 106 Å². The van der Waals surface area contributed by atoms with Crippen molar-refractivity contribution in [3.8, 4) is 0 Å². The Morgan fingerprint density at radius 2 is 1.61 bits per heavy atom. The van der Waals surface area contributed by atoms with Crippen LogP contribution in [0.5, 0.6) is 0 Å². The molecule has 5 fully saturated rings. The van der Waals surface area contributed by atoms with Crippen molar-refractivity contribution in [1.29, 1.82) is 0 Å². The Bertz CT molecular complexity index is 1530. The first-order chi connectivity index (χ1) is 24.0. The lowest BCUT2D eigenvalue weighted by atomic mass is 9.32. The number of nitrogens with one attached hydrogen (secondary N) is 1. The molecule has 6 aliphatic rings. The normalized spacial score (nSPS) is 42.0. The number of allylic oxidation sites excluding steroid dienone is 3. The van der Waals surface area contributed by atoms with Crippen molar-refractivity contribution in [3.05, 3.63) is 53.6 Å². The molecule has 0 amide bonds. The average Bonchev–Trinajstić information content (AvgIpc) is 3.45. The molecule has 6 nitrogen and oxygen atoms in total. The molecule has 0 spiro atoms. The molecule has 51 heavy (non-hydrogen) atoms. The molecular formula is C44H68N2O4S. The van der Waals surface area contributed by atoms with Gasteiger partial charge in [0.2, 0.25) is 0 Å². The Balaban J connectivity index is 1.09. The van der Waals surface area contributed by atoms with Crippen LogP contribution in [0.4, 0.5) is 0 Å². The maximum atomic E-state index is 11.6. The highest BCUT2D eigenvalue weighted by atomic mass is 32.3. The third-order valence-electron chi connectivity index (χ3n) is 17.1. The Hall–Kier alpha value is -1.64. The van der Waals surface area contributed by atoms with E-state index in [1.807, 2.05) is 12.1 Å². The molecule has 4 saturated carbocycles. The van der Waals surface area contributed by atoms with Crippen molar-refractivity contribution in [1.82, 2.24) is 10.2 Å². The zero-order valence-electron chi connectivity index (χ0n) is 32.6. The van der Waals surface area contributed by atoms with Gasteiger partial charge in [-0.1, -0.05) is 65.0 Å². The van der Waals surface area contributed by atoms with Crippen LogP contribution in [0.15, 0.2) is 42.5 Å². The van der Waals surface area contributed by atoms with Crippen LogP contribution in [0.1, 0.15) is 122 Å². The lowest BCUT2D eigenvalue weighted by Crippen LogP contribution is -2.65. The van der Waals surface area contributed by atoms with Gasteiger partial charge >= 0.3 is 5.97 Å². The lowest BCUT2D eigenvalue weighted by molar-refractivity contribution is -0.226. The van der Waals surface area contributed by atoms with Crippen molar-refractivity contribution in [2.75, 3.05) is 44.2 Å². The van der Waals surface area contributed by atoms with Crippen molar-refractivity contribution in [3.63, 3.8) is 0 Å². The van der Waals surface area contributed by atoms with Gasteiger partial charge in [0.15, 0.2) is 0 Å². The van der Waals surface area contributed by atoms with Gasteiger partial charge in [-0.15, -0.1) is 0 Å². The number of carboxylic acid groups (broad SMARTS) is 1. The van der Waals surface area contributed by atoms with Crippen LogP contribution in [-0.4, -0.2) is 69.3 Å². The van der Waals surface area contributed by atoms with Gasteiger partial charge < -0.3 is 10.4 Å². The molecule has 1 heterocycles. The van der Waals surface area contributed by atoms with Crippen LogP contribution >= 0.6 is 10.6 Å². The number of nitrogens with zero attached hydrogens (tertiary/aromatic N) is 1. The third kappa shape index (κ3) is 6.12. The summed E-state index contributed by atoms with van der Waals surface area (Å²) in [5, 5.41) is 13.3.